The van der Waals surface area contributed by atoms with Crippen LogP contribution in [0.4, 0.5) is 5.88 Å². The van der Waals surface area contributed by atoms with Crippen LogP contribution in [-0.2, 0) is 4.79 Å². The van der Waals surface area contributed by atoms with Crippen molar-refractivity contribution in [2.45, 2.75) is 0 Å². The van der Waals surface area contributed by atoms with Crippen LogP contribution < -0.4 is 0 Å². The van der Waals surface area contributed by atoms with Gasteiger partial charge < -0.3 is 9.52 Å². The van der Waals surface area contributed by atoms with Crippen LogP contribution in [0.1, 0.15) is 5.76 Å². The number of hydrogen-bond acceptors (Lipinski definition) is 5. The second kappa shape index (κ2) is 4.06. The number of furan rings is 1. The van der Waals surface area contributed by atoms with E-state index in [1.165, 1.54) is 12.1 Å². The van der Waals surface area contributed by atoms with E-state index >= 15 is 0 Å². The lowest BCUT2D eigenvalue weighted by atomic mass is 10.2. The van der Waals surface area contributed by atoms with E-state index in [0.717, 1.165) is 12.1 Å². The minimum absolute atomic E-state index is 0.0550. The zero-order valence-electron chi connectivity index (χ0n) is 7.21. The van der Waals surface area contributed by atoms with E-state index < -0.39 is 22.3 Å². The van der Waals surface area contributed by atoms with Gasteiger partial charge in [-0.2, -0.15) is 5.26 Å². The highest BCUT2D eigenvalue weighted by Crippen LogP contribution is 2.17. The molecule has 1 aromatic rings. The molecular formula is C8H4N2O5. The van der Waals surface area contributed by atoms with Crippen molar-refractivity contribution in [3.05, 3.63) is 33.6 Å². The third-order valence-electron chi connectivity index (χ3n) is 1.43. The number of rotatable bonds is 3. The lowest BCUT2D eigenvalue weighted by Gasteiger charge is -1.87. The average molecular weight is 208 g/mol. The second-order valence-corrected chi connectivity index (χ2v) is 2.41. The molecule has 1 rings (SSSR count). The molecule has 7 heteroatoms. The molecule has 0 saturated carbocycles. The molecule has 0 saturated heterocycles. The summed E-state index contributed by atoms with van der Waals surface area (Å²) < 4.78 is 4.64. The van der Waals surface area contributed by atoms with Crippen LogP contribution in [0, 0.1) is 21.4 Å². The van der Waals surface area contributed by atoms with Crippen LogP contribution in [0.25, 0.3) is 6.08 Å². The van der Waals surface area contributed by atoms with Crippen molar-refractivity contribution in [3.8, 4) is 6.07 Å². The number of nitro groups is 1. The summed E-state index contributed by atoms with van der Waals surface area (Å²) in [4.78, 5) is 19.9. The van der Waals surface area contributed by atoms with Crippen LogP contribution >= 0.6 is 0 Å². The Morgan fingerprint density at radius 3 is 2.73 bits per heavy atom. The van der Waals surface area contributed by atoms with Crippen molar-refractivity contribution in [2.24, 2.45) is 0 Å². The number of carboxylic acid groups (broad SMARTS) is 1. The first-order valence-corrected chi connectivity index (χ1v) is 3.64. The van der Waals surface area contributed by atoms with Gasteiger partial charge in [0.05, 0.1) is 6.07 Å². The Morgan fingerprint density at radius 1 is 1.67 bits per heavy atom. The summed E-state index contributed by atoms with van der Waals surface area (Å²) in [5.41, 5.74) is -0.556. The molecular weight excluding hydrogens is 204 g/mol. The van der Waals surface area contributed by atoms with Crippen LogP contribution in [0.15, 0.2) is 22.1 Å². The van der Waals surface area contributed by atoms with Gasteiger partial charge in [-0.1, -0.05) is 0 Å². The summed E-state index contributed by atoms with van der Waals surface area (Å²) in [5, 5.41) is 27.1. The van der Waals surface area contributed by atoms with Crippen molar-refractivity contribution in [2.75, 3.05) is 0 Å². The van der Waals surface area contributed by atoms with Gasteiger partial charge >= 0.3 is 11.9 Å². The monoisotopic (exact) mass is 208 g/mol. The summed E-state index contributed by atoms with van der Waals surface area (Å²) >= 11 is 0. The van der Waals surface area contributed by atoms with Gasteiger partial charge in [0.1, 0.15) is 22.3 Å². The van der Waals surface area contributed by atoms with Gasteiger partial charge in [-0.3, -0.25) is 10.1 Å². The molecule has 1 aromatic heterocycles. The highest BCUT2D eigenvalue weighted by atomic mass is 16.6. The molecule has 0 unspecified atom stereocenters. The predicted molar refractivity (Wildman–Crippen MR) is 46.6 cm³/mol. The molecule has 0 spiro atoms. The van der Waals surface area contributed by atoms with Gasteiger partial charge in [-0.05, 0) is 6.07 Å². The molecule has 0 fully saturated rings. The van der Waals surface area contributed by atoms with Crippen molar-refractivity contribution >= 4 is 17.9 Å². The number of carboxylic acids is 1. The Labute approximate surface area is 83.0 Å². The number of aliphatic carboxylic acids is 1. The molecule has 0 aliphatic heterocycles. The van der Waals surface area contributed by atoms with Gasteiger partial charge in [0, 0.05) is 6.08 Å². The summed E-state index contributed by atoms with van der Waals surface area (Å²) in [7, 11) is 0. The fourth-order valence-electron chi connectivity index (χ4n) is 0.802. The first-order chi connectivity index (χ1) is 7.04. The van der Waals surface area contributed by atoms with Crippen LogP contribution in [-0.4, -0.2) is 16.0 Å². The SMILES string of the molecule is N#C/C(=C/c1ccc([N+](=O)[O-])o1)C(=O)O. The largest absolute Gasteiger partial charge is 0.477 e. The van der Waals surface area contributed by atoms with Crippen LogP contribution in [0.5, 0.6) is 0 Å². The standard InChI is InChI=1S/C8H4N2O5/c9-4-5(8(11)12)3-6-1-2-7(15-6)10(13)14/h1-3H,(H,11,12)/b5-3-. The molecule has 1 heterocycles. The van der Waals surface area contributed by atoms with Crippen LogP contribution in [0.2, 0.25) is 0 Å². The lowest BCUT2D eigenvalue weighted by molar-refractivity contribution is -0.402. The minimum Gasteiger partial charge on any atom is -0.477 e. The maximum absolute atomic E-state index is 10.4. The predicted octanol–water partition coefficient (Wildman–Crippen LogP) is 1.18. The van der Waals surface area contributed by atoms with E-state index in [2.05, 4.69) is 4.42 Å². The normalized spacial score (nSPS) is 10.7. The zero-order chi connectivity index (χ0) is 11.4. The number of nitrogens with zero attached hydrogens (tertiary/aromatic N) is 2. The van der Waals surface area contributed by atoms with Crippen molar-refractivity contribution in [3.63, 3.8) is 0 Å². The summed E-state index contributed by atoms with van der Waals surface area (Å²) in [6, 6.07) is 3.70. The van der Waals surface area contributed by atoms with Crippen molar-refractivity contribution in [1.82, 2.24) is 0 Å². The number of carbonyl (C=O) groups is 1. The van der Waals surface area contributed by atoms with E-state index in [4.69, 9.17) is 10.4 Å². The topological polar surface area (TPSA) is 117 Å². The molecule has 0 amide bonds. The molecule has 0 aliphatic rings. The zero-order valence-corrected chi connectivity index (χ0v) is 7.21. The quantitative estimate of drug-likeness (QED) is 0.345. The summed E-state index contributed by atoms with van der Waals surface area (Å²) in [5.74, 6) is -1.99. The lowest BCUT2D eigenvalue weighted by Crippen LogP contribution is -1.96. The number of hydrogen-bond donors (Lipinski definition) is 1. The molecule has 15 heavy (non-hydrogen) atoms. The molecule has 0 aromatic carbocycles. The fourth-order valence-corrected chi connectivity index (χ4v) is 0.802. The Morgan fingerprint density at radius 2 is 2.33 bits per heavy atom. The molecule has 0 radical (unpaired) electrons. The van der Waals surface area contributed by atoms with E-state index in [0.29, 0.717) is 0 Å². The molecule has 0 atom stereocenters. The van der Waals surface area contributed by atoms with Gasteiger partial charge in [-0.15, -0.1) is 0 Å². The van der Waals surface area contributed by atoms with E-state index in [-0.39, 0.29) is 5.76 Å². The van der Waals surface area contributed by atoms with Crippen molar-refractivity contribution < 1.29 is 19.2 Å². The average Bonchev–Trinajstić information content (AvgIpc) is 2.61. The van der Waals surface area contributed by atoms with Crippen molar-refractivity contribution in [1.29, 1.82) is 5.26 Å². The van der Waals surface area contributed by atoms with E-state index in [9.17, 15) is 14.9 Å². The molecule has 0 bridgehead atoms. The molecule has 76 valence electrons. The minimum atomic E-state index is -1.42. The Bertz CT molecular complexity index is 479. The second-order valence-electron chi connectivity index (χ2n) is 2.41. The Balaban J connectivity index is 3.04. The number of nitriles is 1. The van der Waals surface area contributed by atoms with Gasteiger partial charge in [-0.25, -0.2) is 4.79 Å². The summed E-state index contributed by atoms with van der Waals surface area (Å²) in [6.07, 6.45) is 0.912. The summed E-state index contributed by atoms with van der Waals surface area (Å²) in [6.45, 7) is 0. The molecule has 7 nitrogen and oxygen atoms in total. The molecule has 0 aliphatic carbocycles. The molecule has 1 N–H and O–H groups in total. The maximum Gasteiger partial charge on any atom is 0.433 e. The Hall–Kier alpha value is -2.62. The highest BCUT2D eigenvalue weighted by molar-refractivity contribution is 5.96. The first kappa shape index (κ1) is 10.5. The van der Waals surface area contributed by atoms with Gasteiger partial charge in [0.25, 0.3) is 0 Å². The van der Waals surface area contributed by atoms with Crippen LogP contribution in [0.3, 0.4) is 0 Å². The van der Waals surface area contributed by atoms with E-state index in [1.54, 1.807) is 0 Å². The van der Waals surface area contributed by atoms with E-state index in [1.807, 2.05) is 0 Å². The third-order valence-corrected chi connectivity index (χ3v) is 1.43. The fraction of sp³-hybridized carbons (Fsp3) is 0. The van der Waals surface area contributed by atoms with Gasteiger partial charge in [0.15, 0.2) is 0 Å². The maximum atomic E-state index is 10.4. The highest BCUT2D eigenvalue weighted by Gasteiger charge is 2.12. The third kappa shape index (κ3) is 2.41. The first-order valence-electron chi connectivity index (χ1n) is 3.64. The Kier molecular flexibility index (Phi) is 2.83. The smallest absolute Gasteiger partial charge is 0.433 e. The van der Waals surface area contributed by atoms with Gasteiger partial charge in [0.2, 0.25) is 0 Å².